The Morgan fingerprint density at radius 1 is 1.33 bits per heavy atom. The summed E-state index contributed by atoms with van der Waals surface area (Å²) in [6, 6.07) is 9.91. The normalized spacial score (nSPS) is 22.2. The van der Waals surface area contributed by atoms with Gasteiger partial charge in [0, 0.05) is 0 Å². The van der Waals surface area contributed by atoms with Crippen LogP contribution in [0.5, 0.6) is 0 Å². The van der Waals surface area contributed by atoms with Crippen molar-refractivity contribution in [3.8, 4) is 0 Å². The minimum atomic E-state index is 0.0175. The highest BCUT2D eigenvalue weighted by atomic mass is 16.2. The maximum Gasteiger partial charge on any atom is 0.239 e. The van der Waals surface area contributed by atoms with Crippen LogP contribution in [0.4, 0.5) is 0 Å². The average Bonchev–Trinajstić information content (AvgIpc) is 2.15. The van der Waals surface area contributed by atoms with E-state index in [2.05, 4.69) is 0 Å². The Bertz CT molecular complexity index is 297. The molecule has 0 radical (unpaired) electrons. The maximum absolute atomic E-state index is 10.8. The summed E-state index contributed by atoms with van der Waals surface area (Å²) in [5, 5.41) is 1.29. The lowest BCUT2D eigenvalue weighted by Crippen LogP contribution is -2.50. The fraction of sp³-hybridized carbons (Fsp3) is 0.222. The molecule has 0 spiro atoms. The van der Waals surface area contributed by atoms with Crippen LogP contribution in [-0.2, 0) is 4.79 Å². The molecular formula is C9H10N2O. The predicted molar refractivity (Wildman–Crippen MR) is 44.8 cm³/mol. The summed E-state index contributed by atoms with van der Waals surface area (Å²) in [5.41, 5.74) is 1.11. The highest BCUT2D eigenvalue weighted by Crippen LogP contribution is 2.30. The molecule has 0 aliphatic carbocycles. The van der Waals surface area contributed by atoms with Crippen LogP contribution in [0.1, 0.15) is 18.0 Å². The lowest BCUT2D eigenvalue weighted by Gasteiger charge is -2.36. The average molecular weight is 162 g/mol. The molecule has 1 aliphatic rings. The first-order valence-corrected chi connectivity index (χ1v) is 3.91. The zero-order chi connectivity index (χ0) is 8.55. The van der Waals surface area contributed by atoms with Gasteiger partial charge in [-0.25, -0.2) is 5.84 Å². The number of carbonyl (C=O) groups excluding carboxylic acids is 1. The number of hydrogen-bond acceptors (Lipinski definition) is 2. The minimum absolute atomic E-state index is 0.0175. The first-order valence-electron chi connectivity index (χ1n) is 3.91. The van der Waals surface area contributed by atoms with E-state index in [9.17, 15) is 4.79 Å². The molecule has 62 valence electrons. The van der Waals surface area contributed by atoms with Crippen LogP contribution < -0.4 is 5.84 Å². The number of β-lactam (4-membered cyclic amide) rings is 1. The van der Waals surface area contributed by atoms with Crippen LogP contribution >= 0.6 is 0 Å². The Balaban J connectivity index is 2.18. The molecule has 1 heterocycles. The third-order valence-electron chi connectivity index (χ3n) is 2.18. The van der Waals surface area contributed by atoms with Crippen molar-refractivity contribution in [1.82, 2.24) is 5.01 Å². The molecule has 1 amide bonds. The monoisotopic (exact) mass is 162 g/mol. The van der Waals surface area contributed by atoms with Gasteiger partial charge in [0.05, 0.1) is 12.5 Å². The van der Waals surface area contributed by atoms with Crippen LogP contribution in [-0.4, -0.2) is 10.9 Å². The predicted octanol–water partition coefficient (Wildman–Crippen LogP) is 0.834. The highest BCUT2D eigenvalue weighted by molar-refractivity contribution is 5.82. The number of amides is 1. The molecule has 1 atom stereocenters. The number of hydrogen-bond donors (Lipinski definition) is 1. The van der Waals surface area contributed by atoms with Crippen molar-refractivity contribution in [1.29, 1.82) is 0 Å². The van der Waals surface area contributed by atoms with E-state index >= 15 is 0 Å². The van der Waals surface area contributed by atoms with Crippen LogP contribution in [0.3, 0.4) is 0 Å². The third kappa shape index (κ3) is 0.987. The molecule has 1 aromatic carbocycles. The molecule has 1 aliphatic heterocycles. The first kappa shape index (κ1) is 7.31. The van der Waals surface area contributed by atoms with Crippen molar-refractivity contribution >= 4 is 5.91 Å². The van der Waals surface area contributed by atoms with Crippen LogP contribution in [0.25, 0.3) is 0 Å². The second kappa shape index (κ2) is 2.60. The quantitative estimate of drug-likeness (QED) is 0.378. The van der Waals surface area contributed by atoms with E-state index in [4.69, 9.17) is 5.84 Å². The maximum atomic E-state index is 10.8. The van der Waals surface area contributed by atoms with E-state index < -0.39 is 0 Å². The lowest BCUT2D eigenvalue weighted by atomic mass is 9.96. The van der Waals surface area contributed by atoms with E-state index in [-0.39, 0.29) is 11.9 Å². The van der Waals surface area contributed by atoms with Gasteiger partial charge < -0.3 is 0 Å². The molecule has 0 aromatic heterocycles. The number of rotatable bonds is 1. The van der Waals surface area contributed by atoms with Gasteiger partial charge in [0.2, 0.25) is 5.91 Å². The number of nitrogens with zero attached hydrogens (tertiary/aromatic N) is 1. The molecule has 0 saturated carbocycles. The Morgan fingerprint density at radius 2 is 2.00 bits per heavy atom. The number of benzene rings is 1. The van der Waals surface area contributed by atoms with Gasteiger partial charge in [0.15, 0.2) is 0 Å². The van der Waals surface area contributed by atoms with Crippen molar-refractivity contribution in [2.45, 2.75) is 12.5 Å². The highest BCUT2D eigenvalue weighted by Gasteiger charge is 2.34. The summed E-state index contributed by atoms with van der Waals surface area (Å²) in [4.78, 5) is 10.8. The van der Waals surface area contributed by atoms with Gasteiger partial charge in [-0.3, -0.25) is 9.80 Å². The second-order valence-electron chi connectivity index (χ2n) is 2.93. The number of hydrazine groups is 1. The van der Waals surface area contributed by atoms with E-state index in [1.807, 2.05) is 30.3 Å². The molecule has 3 nitrogen and oxygen atoms in total. The Hall–Kier alpha value is -1.35. The van der Waals surface area contributed by atoms with Gasteiger partial charge in [-0.2, -0.15) is 0 Å². The summed E-state index contributed by atoms with van der Waals surface area (Å²) in [6.45, 7) is 0. The first-order chi connectivity index (χ1) is 5.79. The van der Waals surface area contributed by atoms with E-state index in [0.29, 0.717) is 6.42 Å². The van der Waals surface area contributed by atoms with Gasteiger partial charge in [-0.1, -0.05) is 30.3 Å². The second-order valence-corrected chi connectivity index (χ2v) is 2.93. The summed E-state index contributed by atoms with van der Waals surface area (Å²) < 4.78 is 0. The molecular weight excluding hydrogens is 152 g/mol. The van der Waals surface area contributed by atoms with Gasteiger partial charge in [0.25, 0.3) is 0 Å². The Morgan fingerprint density at radius 3 is 2.50 bits per heavy atom. The van der Waals surface area contributed by atoms with Gasteiger partial charge in [-0.05, 0) is 5.56 Å². The van der Waals surface area contributed by atoms with Crippen LogP contribution in [0, 0.1) is 0 Å². The largest absolute Gasteiger partial charge is 0.273 e. The van der Waals surface area contributed by atoms with E-state index in [1.165, 1.54) is 5.01 Å². The SMILES string of the molecule is NN1C(=O)C[C@@H]1c1ccccc1. The fourth-order valence-corrected chi connectivity index (χ4v) is 1.38. The van der Waals surface area contributed by atoms with Crippen LogP contribution in [0.2, 0.25) is 0 Å². The Labute approximate surface area is 70.8 Å². The molecule has 0 bridgehead atoms. The lowest BCUT2D eigenvalue weighted by molar-refractivity contribution is -0.146. The van der Waals surface area contributed by atoms with E-state index in [0.717, 1.165) is 5.56 Å². The molecule has 1 fully saturated rings. The molecule has 1 aromatic rings. The Kier molecular flexibility index (Phi) is 1.59. The summed E-state index contributed by atoms with van der Waals surface area (Å²) in [5.74, 6) is 5.50. The third-order valence-corrected chi connectivity index (χ3v) is 2.18. The number of nitrogens with two attached hydrogens (primary N) is 1. The van der Waals surface area contributed by atoms with Gasteiger partial charge in [-0.15, -0.1) is 0 Å². The summed E-state index contributed by atoms with van der Waals surface area (Å²) >= 11 is 0. The molecule has 1 saturated heterocycles. The van der Waals surface area contributed by atoms with Crippen molar-refractivity contribution in [3.63, 3.8) is 0 Å². The summed E-state index contributed by atoms with van der Waals surface area (Å²) in [7, 11) is 0. The molecule has 2 N–H and O–H groups in total. The zero-order valence-electron chi connectivity index (χ0n) is 6.60. The zero-order valence-corrected chi connectivity index (χ0v) is 6.60. The van der Waals surface area contributed by atoms with Crippen molar-refractivity contribution in [3.05, 3.63) is 35.9 Å². The fourth-order valence-electron chi connectivity index (χ4n) is 1.38. The molecule has 3 heteroatoms. The smallest absolute Gasteiger partial charge is 0.239 e. The molecule has 12 heavy (non-hydrogen) atoms. The van der Waals surface area contributed by atoms with Crippen molar-refractivity contribution in [2.75, 3.05) is 0 Å². The standard InChI is InChI=1S/C9H10N2O/c10-11-8(6-9(11)12)7-4-2-1-3-5-7/h1-5,8H,6,10H2/t8-/m1/s1. The van der Waals surface area contributed by atoms with Crippen LogP contribution in [0.15, 0.2) is 30.3 Å². The summed E-state index contributed by atoms with van der Waals surface area (Å²) in [6.07, 6.45) is 0.542. The molecule has 2 rings (SSSR count). The van der Waals surface area contributed by atoms with E-state index in [1.54, 1.807) is 0 Å². The minimum Gasteiger partial charge on any atom is -0.273 e. The van der Waals surface area contributed by atoms with Crippen molar-refractivity contribution in [2.24, 2.45) is 5.84 Å². The number of carbonyl (C=O) groups is 1. The molecule has 0 unspecified atom stereocenters. The van der Waals surface area contributed by atoms with Gasteiger partial charge >= 0.3 is 0 Å². The van der Waals surface area contributed by atoms with Crippen molar-refractivity contribution < 1.29 is 4.79 Å². The topological polar surface area (TPSA) is 46.3 Å². The van der Waals surface area contributed by atoms with Gasteiger partial charge in [0.1, 0.15) is 0 Å².